The number of Topliss-reactive ketones (excluding diaryl/α,β-unsaturated/α-hetero) is 1. The molecule has 1 saturated heterocycles. The Labute approximate surface area is 149 Å². The number of carbonyl (C=O) groups is 3. The van der Waals surface area contributed by atoms with E-state index in [0.717, 1.165) is 17.7 Å². The van der Waals surface area contributed by atoms with Crippen LogP contribution < -0.4 is 4.90 Å². The van der Waals surface area contributed by atoms with Gasteiger partial charge in [0.1, 0.15) is 5.78 Å². The van der Waals surface area contributed by atoms with E-state index in [2.05, 4.69) is 13.8 Å². The first-order chi connectivity index (χ1) is 11.9. The molecule has 5 nitrogen and oxygen atoms in total. The van der Waals surface area contributed by atoms with Crippen LogP contribution in [-0.2, 0) is 19.1 Å². The molecule has 2 atom stereocenters. The van der Waals surface area contributed by atoms with Gasteiger partial charge >= 0.3 is 5.97 Å². The van der Waals surface area contributed by atoms with Crippen LogP contribution in [0.4, 0.5) is 5.69 Å². The van der Waals surface area contributed by atoms with Crippen LogP contribution in [0.25, 0.3) is 0 Å². The average Bonchev–Trinajstić information content (AvgIpc) is 2.99. The highest BCUT2D eigenvalue weighted by Gasteiger charge is 2.37. The number of hydrogen-bond donors (Lipinski definition) is 0. The Bertz CT molecular complexity index is 640. The van der Waals surface area contributed by atoms with Gasteiger partial charge in [0.25, 0.3) is 0 Å². The fraction of sp³-hybridized carbons (Fsp3) is 0.550. The van der Waals surface area contributed by atoms with Crippen LogP contribution in [0.15, 0.2) is 24.3 Å². The summed E-state index contributed by atoms with van der Waals surface area (Å²) in [6, 6.07) is 7.89. The van der Waals surface area contributed by atoms with Gasteiger partial charge in [-0.15, -0.1) is 0 Å². The van der Waals surface area contributed by atoms with Crippen LogP contribution in [0, 0.1) is 5.92 Å². The quantitative estimate of drug-likeness (QED) is 0.535. The average molecular weight is 345 g/mol. The molecule has 1 amide bonds. The minimum atomic E-state index is -0.435. The van der Waals surface area contributed by atoms with E-state index in [9.17, 15) is 14.4 Å². The molecule has 0 radical (unpaired) electrons. The number of nitrogens with zero attached hydrogens (tertiary/aromatic N) is 1. The van der Waals surface area contributed by atoms with Crippen molar-refractivity contribution in [3.05, 3.63) is 29.8 Å². The maximum Gasteiger partial charge on any atom is 0.311 e. The summed E-state index contributed by atoms with van der Waals surface area (Å²) in [4.78, 5) is 37.3. The molecule has 136 valence electrons. The van der Waals surface area contributed by atoms with Crippen molar-refractivity contribution in [1.29, 1.82) is 0 Å². The van der Waals surface area contributed by atoms with Gasteiger partial charge in [-0.25, -0.2) is 0 Å². The molecule has 1 heterocycles. The SMILES string of the molecule is CCC(C)c1ccccc1N1CC(C(=O)OCCCC(C)=O)CC1=O. The van der Waals surface area contributed by atoms with Gasteiger partial charge in [0.05, 0.1) is 12.5 Å². The summed E-state index contributed by atoms with van der Waals surface area (Å²) in [6.45, 7) is 6.36. The van der Waals surface area contributed by atoms with Crippen molar-refractivity contribution in [1.82, 2.24) is 0 Å². The number of carbonyl (C=O) groups excluding carboxylic acids is 3. The number of hydrogen-bond acceptors (Lipinski definition) is 4. The standard InChI is InChI=1S/C20H27NO4/c1-4-14(2)17-9-5-6-10-18(17)21-13-16(12-19(21)23)20(24)25-11-7-8-15(3)22/h5-6,9-10,14,16H,4,7-8,11-13H2,1-3H3. The zero-order valence-corrected chi connectivity index (χ0v) is 15.3. The zero-order chi connectivity index (χ0) is 18.4. The first-order valence-electron chi connectivity index (χ1n) is 8.99. The van der Waals surface area contributed by atoms with Crippen molar-refractivity contribution < 1.29 is 19.1 Å². The highest BCUT2D eigenvalue weighted by atomic mass is 16.5. The molecular weight excluding hydrogens is 318 g/mol. The topological polar surface area (TPSA) is 63.7 Å². The van der Waals surface area contributed by atoms with E-state index >= 15 is 0 Å². The molecule has 0 bridgehead atoms. The highest BCUT2D eigenvalue weighted by Crippen LogP contribution is 2.33. The Morgan fingerprint density at radius 2 is 2.04 bits per heavy atom. The molecule has 0 saturated carbocycles. The van der Waals surface area contributed by atoms with Gasteiger partial charge in [0.15, 0.2) is 0 Å². The van der Waals surface area contributed by atoms with Crippen LogP contribution >= 0.6 is 0 Å². The lowest BCUT2D eigenvalue weighted by atomic mass is 9.96. The summed E-state index contributed by atoms with van der Waals surface area (Å²) in [6.07, 6.45) is 2.11. The number of benzene rings is 1. The molecule has 0 N–H and O–H groups in total. The zero-order valence-electron chi connectivity index (χ0n) is 15.3. The van der Waals surface area contributed by atoms with Crippen molar-refractivity contribution in [3.8, 4) is 0 Å². The molecule has 2 rings (SSSR count). The smallest absolute Gasteiger partial charge is 0.311 e. The molecular formula is C20H27NO4. The Kier molecular flexibility index (Phi) is 6.73. The fourth-order valence-corrected chi connectivity index (χ4v) is 3.08. The molecule has 0 aromatic heterocycles. The first-order valence-corrected chi connectivity index (χ1v) is 8.99. The molecule has 5 heteroatoms. The van der Waals surface area contributed by atoms with E-state index in [1.807, 2.05) is 24.3 Å². The van der Waals surface area contributed by atoms with Gasteiger partial charge in [-0.2, -0.15) is 0 Å². The summed E-state index contributed by atoms with van der Waals surface area (Å²) in [5, 5.41) is 0. The second-order valence-corrected chi connectivity index (χ2v) is 6.75. The molecule has 1 aliphatic heterocycles. The monoisotopic (exact) mass is 345 g/mol. The number of rotatable bonds is 8. The van der Waals surface area contributed by atoms with Crippen molar-refractivity contribution in [2.45, 2.75) is 52.4 Å². The Morgan fingerprint density at radius 1 is 1.32 bits per heavy atom. The van der Waals surface area contributed by atoms with Gasteiger partial charge in [0, 0.05) is 25.1 Å². The van der Waals surface area contributed by atoms with Crippen molar-refractivity contribution >= 4 is 23.3 Å². The summed E-state index contributed by atoms with van der Waals surface area (Å²) in [7, 11) is 0. The third kappa shape index (κ3) is 4.91. The highest BCUT2D eigenvalue weighted by molar-refractivity contribution is 6.00. The van der Waals surface area contributed by atoms with Gasteiger partial charge in [-0.05, 0) is 37.3 Å². The molecule has 1 aromatic rings. The van der Waals surface area contributed by atoms with Crippen molar-refractivity contribution in [2.24, 2.45) is 5.92 Å². The van der Waals surface area contributed by atoms with Gasteiger partial charge in [0.2, 0.25) is 5.91 Å². The largest absolute Gasteiger partial charge is 0.465 e. The van der Waals surface area contributed by atoms with E-state index in [1.54, 1.807) is 4.90 Å². The van der Waals surface area contributed by atoms with E-state index in [0.29, 0.717) is 25.3 Å². The predicted octanol–water partition coefficient (Wildman–Crippen LogP) is 3.47. The summed E-state index contributed by atoms with van der Waals surface area (Å²) in [5.74, 6) is -0.391. The second kappa shape index (κ2) is 8.79. The molecule has 1 fully saturated rings. The number of esters is 1. The summed E-state index contributed by atoms with van der Waals surface area (Å²) < 4.78 is 5.24. The van der Waals surface area contributed by atoms with Gasteiger partial charge < -0.3 is 14.4 Å². The van der Waals surface area contributed by atoms with Crippen LogP contribution in [0.5, 0.6) is 0 Å². The fourth-order valence-electron chi connectivity index (χ4n) is 3.08. The van der Waals surface area contributed by atoms with E-state index in [-0.39, 0.29) is 30.7 Å². The molecule has 25 heavy (non-hydrogen) atoms. The van der Waals surface area contributed by atoms with Crippen LogP contribution in [0.2, 0.25) is 0 Å². The number of anilines is 1. The third-order valence-electron chi connectivity index (χ3n) is 4.75. The minimum absolute atomic E-state index is 0.0403. The third-order valence-corrected chi connectivity index (χ3v) is 4.75. The van der Waals surface area contributed by atoms with Crippen molar-refractivity contribution in [2.75, 3.05) is 18.1 Å². The van der Waals surface area contributed by atoms with E-state index < -0.39 is 5.92 Å². The number of ketones is 1. The number of ether oxygens (including phenoxy) is 1. The molecule has 2 unspecified atom stereocenters. The second-order valence-electron chi connectivity index (χ2n) is 6.75. The molecule has 1 aromatic carbocycles. The maximum atomic E-state index is 12.4. The lowest BCUT2D eigenvalue weighted by Crippen LogP contribution is -2.27. The lowest BCUT2D eigenvalue weighted by Gasteiger charge is -2.23. The van der Waals surface area contributed by atoms with Crippen LogP contribution in [0.1, 0.15) is 57.9 Å². The number of amides is 1. The van der Waals surface area contributed by atoms with Gasteiger partial charge in [-0.1, -0.05) is 32.0 Å². The Hall–Kier alpha value is -2.17. The Balaban J connectivity index is 2.01. The Morgan fingerprint density at radius 3 is 2.72 bits per heavy atom. The summed E-state index contributed by atoms with van der Waals surface area (Å²) in [5.41, 5.74) is 2.03. The summed E-state index contributed by atoms with van der Waals surface area (Å²) >= 11 is 0. The van der Waals surface area contributed by atoms with Crippen LogP contribution in [0.3, 0.4) is 0 Å². The normalized spacial score (nSPS) is 18.3. The van der Waals surface area contributed by atoms with Crippen LogP contribution in [-0.4, -0.2) is 30.8 Å². The predicted molar refractivity (Wildman–Crippen MR) is 96.5 cm³/mol. The lowest BCUT2D eigenvalue weighted by molar-refractivity contribution is -0.148. The van der Waals surface area contributed by atoms with Gasteiger partial charge in [-0.3, -0.25) is 9.59 Å². The molecule has 0 aliphatic carbocycles. The van der Waals surface area contributed by atoms with E-state index in [1.165, 1.54) is 6.92 Å². The molecule has 0 spiro atoms. The minimum Gasteiger partial charge on any atom is -0.465 e. The number of para-hydroxylation sites is 1. The molecule has 1 aliphatic rings. The van der Waals surface area contributed by atoms with Crippen molar-refractivity contribution in [3.63, 3.8) is 0 Å². The van der Waals surface area contributed by atoms with E-state index in [4.69, 9.17) is 4.74 Å². The maximum absolute atomic E-state index is 12.4. The first kappa shape index (κ1) is 19.2.